The number of hydrogen-bond donors (Lipinski definition) is 0. The van der Waals surface area contributed by atoms with Gasteiger partial charge in [0.05, 0.1) is 31.1 Å². The molecule has 0 saturated carbocycles. The zero-order chi connectivity index (χ0) is 17.6. The van der Waals surface area contributed by atoms with Crippen LogP contribution in [0.2, 0.25) is 0 Å². The quantitative estimate of drug-likeness (QED) is 0.510. The van der Waals surface area contributed by atoms with Crippen LogP contribution in [0.3, 0.4) is 0 Å². The first-order chi connectivity index (χ1) is 12.2. The fraction of sp³-hybridized carbons (Fsp3) is 0.222. The molecule has 2 heterocycles. The average Bonchev–Trinajstić information content (AvgIpc) is 3.30. The van der Waals surface area contributed by atoms with Crippen LogP contribution >= 0.6 is 27.3 Å². The second-order valence-corrected chi connectivity index (χ2v) is 7.00. The molecule has 5 nitrogen and oxygen atoms in total. The molecular formula is C18H16BrNO4S. The minimum atomic E-state index is -0.272. The number of hydrogen-bond acceptors (Lipinski definition) is 6. The summed E-state index contributed by atoms with van der Waals surface area (Å²) in [6.07, 6.45) is 2.40. The third-order valence-corrected chi connectivity index (χ3v) is 4.90. The number of thiazole rings is 1. The molecule has 3 rings (SSSR count). The SMILES string of the molecule is COc1ccc(Br)cc1-c1nc(COC(=O)CCc2ccco2)cs1. The van der Waals surface area contributed by atoms with Crippen LogP contribution in [0.15, 0.2) is 50.9 Å². The summed E-state index contributed by atoms with van der Waals surface area (Å²) in [4.78, 5) is 16.4. The molecule has 3 aromatic rings. The molecule has 0 atom stereocenters. The van der Waals surface area contributed by atoms with Crippen LogP contribution < -0.4 is 4.74 Å². The van der Waals surface area contributed by atoms with Gasteiger partial charge in [0.25, 0.3) is 0 Å². The molecule has 7 heteroatoms. The van der Waals surface area contributed by atoms with Crippen molar-refractivity contribution in [2.24, 2.45) is 0 Å². The Kier molecular flexibility index (Phi) is 5.88. The highest BCUT2D eigenvalue weighted by atomic mass is 79.9. The monoisotopic (exact) mass is 421 g/mol. The summed E-state index contributed by atoms with van der Waals surface area (Å²) < 4.78 is 16.8. The summed E-state index contributed by atoms with van der Waals surface area (Å²) in [5, 5.41) is 2.70. The molecule has 0 radical (unpaired) electrons. The highest BCUT2D eigenvalue weighted by Crippen LogP contribution is 2.34. The van der Waals surface area contributed by atoms with E-state index in [1.807, 2.05) is 29.6 Å². The van der Waals surface area contributed by atoms with Gasteiger partial charge in [-0.05, 0) is 30.3 Å². The van der Waals surface area contributed by atoms with Crippen molar-refractivity contribution in [2.45, 2.75) is 19.4 Å². The van der Waals surface area contributed by atoms with E-state index in [0.717, 1.165) is 26.6 Å². The lowest BCUT2D eigenvalue weighted by Gasteiger charge is -2.06. The summed E-state index contributed by atoms with van der Waals surface area (Å²) in [5.41, 5.74) is 1.62. The number of nitrogens with zero attached hydrogens (tertiary/aromatic N) is 1. The second kappa shape index (κ2) is 8.31. The van der Waals surface area contributed by atoms with Crippen LogP contribution in [0.25, 0.3) is 10.6 Å². The number of furan rings is 1. The molecule has 0 fully saturated rings. The lowest BCUT2D eigenvalue weighted by Crippen LogP contribution is -2.05. The number of esters is 1. The van der Waals surface area contributed by atoms with Crippen molar-refractivity contribution < 1.29 is 18.7 Å². The lowest BCUT2D eigenvalue weighted by atomic mass is 10.2. The van der Waals surface area contributed by atoms with Gasteiger partial charge in [-0.15, -0.1) is 11.3 Å². The van der Waals surface area contributed by atoms with E-state index in [-0.39, 0.29) is 19.0 Å². The number of aromatic nitrogens is 1. The number of carbonyl (C=O) groups is 1. The summed E-state index contributed by atoms with van der Waals surface area (Å²) in [6.45, 7) is 0.157. The first-order valence-electron chi connectivity index (χ1n) is 7.62. The molecule has 0 aliphatic heterocycles. The predicted molar refractivity (Wildman–Crippen MR) is 98.6 cm³/mol. The van der Waals surface area contributed by atoms with Crippen LogP contribution in [0.5, 0.6) is 5.75 Å². The standard InChI is InChI=1S/C18H16BrNO4S/c1-22-16-6-4-12(19)9-15(16)18-20-13(11-25-18)10-24-17(21)7-5-14-3-2-8-23-14/h2-4,6,8-9,11H,5,7,10H2,1H3. The zero-order valence-corrected chi connectivity index (χ0v) is 15.9. The Morgan fingerprint density at radius 2 is 2.24 bits per heavy atom. The highest BCUT2D eigenvalue weighted by molar-refractivity contribution is 9.10. The third kappa shape index (κ3) is 4.70. The first-order valence-corrected chi connectivity index (χ1v) is 9.29. The van der Waals surface area contributed by atoms with Gasteiger partial charge in [0.15, 0.2) is 0 Å². The number of halogens is 1. The Morgan fingerprint density at radius 3 is 3.00 bits per heavy atom. The van der Waals surface area contributed by atoms with Gasteiger partial charge >= 0.3 is 5.97 Å². The summed E-state index contributed by atoms with van der Waals surface area (Å²) in [7, 11) is 1.63. The van der Waals surface area contributed by atoms with Crippen LogP contribution in [0, 0.1) is 0 Å². The molecule has 0 saturated heterocycles. The van der Waals surface area contributed by atoms with Gasteiger partial charge in [-0.2, -0.15) is 0 Å². The van der Waals surface area contributed by atoms with E-state index in [1.54, 1.807) is 19.4 Å². The van der Waals surface area contributed by atoms with Crippen molar-refractivity contribution in [1.82, 2.24) is 4.98 Å². The smallest absolute Gasteiger partial charge is 0.306 e. The largest absolute Gasteiger partial charge is 0.496 e. The maximum Gasteiger partial charge on any atom is 0.306 e. The van der Waals surface area contributed by atoms with Crippen LogP contribution in [-0.4, -0.2) is 18.1 Å². The van der Waals surface area contributed by atoms with Crippen molar-refractivity contribution in [3.05, 3.63) is 57.9 Å². The van der Waals surface area contributed by atoms with Gasteiger partial charge in [0, 0.05) is 16.3 Å². The maximum atomic E-state index is 11.8. The van der Waals surface area contributed by atoms with Gasteiger partial charge < -0.3 is 13.9 Å². The van der Waals surface area contributed by atoms with E-state index in [1.165, 1.54) is 11.3 Å². The minimum Gasteiger partial charge on any atom is -0.496 e. The topological polar surface area (TPSA) is 61.6 Å². The lowest BCUT2D eigenvalue weighted by molar-refractivity contribution is -0.145. The fourth-order valence-corrected chi connectivity index (χ4v) is 3.44. The van der Waals surface area contributed by atoms with Crippen molar-refractivity contribution in [2.75, 3.05) is 7.11 Å². The summed E-state index contributed by atoms with van der Waals surface area (Å²) in [5.74, 6) is 1.25. The third-order valence-electron chi connectivity index (χ3n) is 3.48. The molecule has 0 spiro atoms. The van der Waals surface area contributed by atoms with E-state index in [2.05, 4.69) is 20.9 Å². The number of methoxy groups -OCH3 is 1. The molecule has 0 aliphatic rings. The molecule has 25 heavy (non-hydrogen) atoms. The van der Waals surface area contributed by atoms with Gasteiger partial charge in [-0.1, -0.05) is 15.9 Å². The Hall–Kier alpha value is -2.12. The van der Waals surface area contributed by atoms with Crippen molar-refractivity contribution in [1.29, 1.82) is 0 Å². The first kappa shape index (κ1) is 17.7. The number of benzene rings is 1. The number of rotatable bonds is 7. The average molecular weight is 422 g/mol. The number of carbonyl (C=O) groups excluding carboxylic acids is 1. The highest BCUT2D eigenvalue weighted by Gasteiger charge is 2.12. The normalized spacial score (nSPS) is 10.6. The van der Waals surface area contributed by atoms with Crippen LogP contribution in [0.4, 0.5) is 0 Å². The Labute approximate surface area is 157 Å². The van der Waals surface area contributed by atoms with Crippen molar-refractivity contribution >= 4 is 33.2 Å². The molecule has 0 aliphatic carbocycles. The summed E-state index contributed by atoms with van der Waals surface area (Å²) in [6, 6.07) is 9.39. The molecule has 130 valence electrons. The van der Waals surface area contributed by atoms with Gasteiger partial charge in [0.2, 0.25) is 0 Å². The molecule has 0 amide bonds. The zero-order valence-electron chi connectivity index (χ0n) is 13.5. The molecule has 0 bridgehead atoms. The minimum absolute atomic E-state index is 0.157. The maximum absolute atomic E-state index is 11.8. The van der Waals surface area contributed by atoms with Crippen LogP contribution in [0.1, 0.15) is 17.9 Å². The van der Waals surface area contributed by atoms with E-state index in [4.69, 9.17) is 13.9 Å². The van der Waals surface area contributed by atoms with Crippen molar-refractivity contribution in [3.63, 3.8) is 0 Å². The van der Waals surface area contributed by atoms with Gasteiger partial charge in [0.1, 0.15) is 23.1 Å². The van der Waals surface area contributed by atoms with E-state index >= 15 is 0 Å². The second-order valence-electron chi connectivity index (χ2n) is 5.23. The Bertz CT molecular complexity index is 845. The van der Waals surface area contributed by atoms with Gasteiger partial charge in [-0.25, -0.2) is 4.98 Å². The Balaban J connectivity index is 1.58. The van der Waals surface area contributed by atoms with E-state index < -0.39 is 0 Å². The molecular weight excluding hydrogens is 406 g/mol. The fourth-order valence-electron chi connectivity index (χ4n) is 2.25. The van der Waals surface area contributed by atoms with Gasteiger partial charge in [-0.3, -0.25) is 4.79 Å². The Morgan fingerprint density at radius 1 is 1.36 bits per heavy atom. The van der Waals surface area contributed by atoms with E-state index in [9.17, 15) is 4.79 Å². The van der Waals surface area contributed by atoms with Crippen LogP contribution in [-0.2, 0) is 22.6 Å². The molecule has 2 aromatic heterocycles. The number of aryl methyl sites for hydroxylation is 1. The molecule has 0 unspecified atom stereocenters. The van der Waals surface area contributed by atoms with E-state index in [0.29, 0.717) is 12.1 Å². The number of ether oxygens (including phenoxy) is 2. The predicted octanol–water partition coefficient (Wildman–Crippen LogP) is 4.85. The van der Waals surface area contributed by atoms with Crippen molar-refractivity contribution in [3.8, 4) is 16.3 Å². The summed E-state index contributed by atoms with van der Waals surface area (Å²) >= 11 is 4.94. The molecule has 1 aromatic carbocycles. The molecule has 0 N–H and O–H groups in total.